The van der Waals surface area contributed by atoms with Crippen LogP contribution in [-0.4, -0.2) is 34.1 Å². The van der Waals surface area contributed by atoms with Crippen molar-refractivity contribution in [3.63, 3.8) is 0 Å². The minimum Gasteiger partial charge on any atom is -0.305 e. The smallest absolute Gasteiger partial charge is 0.305 e. The quantitative estimate of drug-likeness (QED) is 0.901. The summed E-state index contributed by atoms with van der Waals surface area (Å²) < 4.78 is 15.6. The number of fused-ring (bicyclic) bond motifs is 1. The van der Waals surface area contributed by atoms with Crippen molar-refractivity contribution in [1.29, 1.82) is 0 Å². The normalized spacial score (nSPS) is 18.2. The van der Waals surface area contributed by atoms with Crippen molar-refractivity contribution in [3.05, 3.63) is 34.5 Å². The molecule has 0 amide bonds. The van der Waals surface area contributed by atoms with Gasteiger partial charge in [-0.1, -0.05) is 13.0 Å². The average molecular weight is 263 g/mol. The Hall–Kier alpha value is -1.62. The van der Waals surface area contributed by atoms with Gasteiger partial charge in [0.1, 0.15) is 11.3 Å². The predicted octanol–water partition coefficient (Wildman–Crippen LogP) is 2.13. The molecule has 1 aromatic carbocycles. The minimum absolute atomic E-state index is 0.0981. The number of rotatable bonds is 2. The molecule has 1 fully saturated rings. The average Bonchev–Trinajstić information content (AvgIpc) is 2.76. The zero-order valence-corrected chi connectivity index (χ0v) is 11.0. The highest BCUT2D eigenvalue weighted by atomic mass is 19.1. The summed E-state index contributed by atoms with van der Waals surface area (Å²) in [4.78, 5) is 17.2. The molecule has 3 rings (SSSR count). The molecule has 2 heterocycles. The SMILES string of the molecule is CCN1CCC(n2c(=O)[nH]c3cccc(F)c32)CC1. The fourth-order valence-electron chi connectivity index (χ4n) is 2.98. The summed E-state index contributed by atoms with van der Waals surface area (Å²) in [7, 11) is 0. The first-order chi connectivity index (χ1) is 9.20. The van der Waals surface area contributed by atoms with E-state index in [1.54, 1.807) is 16.7 Å². The summed E-state index contributed by atoms with van der Waals surface area (Å²) in [5.74, 6) is -0.325. The predicted molar refractivity (Wildman–Crippen MR) is 72.9 cm³/mol. The van der Waals surface area contributed by atoms with Gasteiger partial charge in [-0.3, -0.25) is 4.57 Å². The maximum atomic E-state index is 14.0. The first-order valence-corrected chi connectivity index (χ1v) is 6.81. The molecule has 1 aromatic heterocycles. The Morgan fingerprint density at radius 1 is 1.37 bits per heavy atom. The number of imidazole rings is 1. The van der Waals surface area contributed by atoms with E-state index in [2.05, 4.69) is 16.8 Å². The number of halogens is 1. The van der Waals surface area contributed by atoms with E-state index >= 15 is 0 Å². The molecule has 1 saturated heterocycles. The van der Waals surface area contributed by atoms with Gasteiger partial charge in [-0.2, -0.15) is 0 Å². The maximum absolute atomic E-state index is 14.0. The van der Waals surface area contributed by atoms with Crippen LogP contribution in [0.1, 0.15) is 25.8 Å². The van der Waals surface area contributed by atoms with Gasteiger partial charge in [0.2, 0.25) is 0 Å². The molecule has 4 nitrogen and oxygen atoms in total. The molecule has 1 N–H and O–H groups in total. The highest BCUT2D eigenvalue weighted by Crippen LogP contribution is 2.25. The van der Waals surface area contributed by atoms with Crippen LogP contribution < -0.4 is 5.69 Å². The number of hydrogen-bond donors (Lipinski definition) is 1. The standard InChI is InChI=1S/C14H18FN3O/c1-2-17-8-6-10(7-9-17)18-13-11(15)4-3-5-12(13)16-14(18)19/h3-5,10H,2,6-9H2,1H3,(H,16,19). The van der Waals surface area contributed by atoms with Crippen LogP contribution in [0.25, 0.3) is 11.0 Å². The van der Waals surface area contributed by atoms with Crippen LogP contribution in [0.4, 0.5) is 4.39 Å². The molecule has 0 spiro atoms. The van der Waals surface area contributed by atoms with Gasteiger partial charge in [-0.05, 0) is 31.5 Å². The van der Waals surface area contributed by atoms with Gasteiger partial charge < -0.3 is 9.88 Å². The van der Waals surface area contributed by atoms with Crippen LogP contribution in [0.3, 0.4) is 0 Å². The van der Waals surface area contributed by atoms with Crippen molar-refractivity contribution < 1.29 is 4.39 Å². The van der Waals surface area contributed by atoms with Crippen LogP contribution in [0.2, 0.25) is 0 Å². The highest BCUT2D eigenvalue weighted by Gasteiger charge is 2.23. The van der Waals surface area contributed by atoms with Gasteiger partial charge in [0.25, 0.3) is 0 Å². The Balaban J connectivity index is 2.01. The van der Waals surface area contributed by atoms with Crippen molar-refractivity contribution in [1.82, 2.24) is 14.5 Å². The molecule has 1 aliphatic rings. The molecule has 5 heteroatoms. The summed E-state index contributed by atoms with van der Waals surface area (Å²) in [5.41, 5.74) is 0.806. The van der Waals surface area contributed by atoms with Crippen LogP contribution >= 0.6 is 0 Å². The van der Waals surface area contributed by atoms with E-state index in [-0.39, 0.29) is 17.5 Å². The van der Waals surface area contributed by atoms with E-state index < -0.39 is 0 Å². The monoisotopic (exact) mass is 263 g/mol. The van der Waals surface area contributed by atoms with E-state index in [1.807, 2.05) is 0 Å². The van der Waals surface area contributed by atoms with Gasteiger partial charge in [-0.15, -0.1) is 0 Å². The lowest BCUT2D eigenvalue weighted by atomic mass is 10.0. The molecule has 0 saturated carbocycles. The maximum Gasteiger partial charge on any atom is 0.326 e. The second kappa shape index (κ2) is 4.81. The summed E-state index contributed by atoms with van der Waals surface area (Å²) in [5, 5.41) is 0. The number of benzene rings is 1. The zero-order valence-electron chi connectivity index (χ0n) is 11.0. The molecule has 2 aromatic rings. The lowest BCUT2D eigenvalue weighted by molar-refractivity contribution is 0.194. The fraction of sp³-hybridized carbons (Fsp3) is 0.500. The van der Waals surface area contributed by atoms with E-state index in [1.165, 1.54) is 6.07 Å². The summed E-state index contributed by atoms with van der Waals surface area (Å²) in [6, 6.07) is 4.88. The number of nitrogens with zero attached hydrogens (tertiary/aromatic N) is 2. The second-order valence-electron chi connectivity index (χ2n) is 5.10. The number of nitrogens with one attached hydrogen (secondary N) is 1. The molecule has 0 radical (unpaired) electrons. The Morgan fingerprint density at radius 2 is 2.11 bits per heavy atom. The number of piperidine rings is 1. The molecule has 19 heavy (non-hydrogen) atoms. The summed E-state index contributed by atoms with van der Waals surface area (Å²) >= 11 is 0. The van der Waals surface area contributed by atoms with E-state index in [0.717, 1.165) is 32.5 Å². The molecule has 0 unspecified atom stereocenters. The van der Waals surface area contributed by atoms with E-state index in [4.69, 9.17) is 0 Å². The molecule has 1 aliphatic heterocycles. The number of hydrogen-bond acceptors (Lipinski definition) is 2. The third-order valence-electron chi connectivity index (χ3n) is 4.06. The van der Waals surface area contributed by atoms with Gasteiger partial charge in [-0.25, -0.2) is 9.18 Å². The number of likely N-dealkylation sites (tertiary alicyclic amines) is 1. The Kier molecular flexibility index (Phi) is 3.14. The molecule has 0 bridgehead atoms. The van der Waals surface area contributed by atoms with Crippen LogP contribution in [0.5, 0.6) is 0 Å². The lowest BCUT2D eigenvalue weighted by Crippen LogP contribution is -2.36. The molecule has 0 atom stereocenters. The van der Waals surface area contributed by atoms with Crippen LogP contribution in [0, 0.1) is 5.82 Å². The highest BCUT2D eigenvalue weighted by molar-refractivity contribution is 5.75. The molecule has 102 valence electrons. The lowest BCUT2D eigenvalue weighted by Gasteiger charge is -2.31. The third kappa shape index (κ3) is 2.08. The fourth-order valence-corrected chi connectivity index (χ4v) is 2.98. The number of aromatic nitrogens is 2. The second-order valence-corrected chi connectivity index (χ2v) is 5.10. The zero-order chi connectivity index (χ0) is 13.4. The summed E-state index contributed by atoms with van der Waals surface area (Å²) in [6.07, 6.45) is 1.80. The van der Waals surface area contributed by atoms with Crippen LogP contribution in [-0.2, 0) is 0 Å². The molecular weight excluding hydrogens is 245 g/mol. The van der Waals surface area contributed by atoms with Gasteiger partial charge in [0.05, 0.1) is 5.52 Å². The largest absolute Gasteiger partial charge is 0.326 e. The molecular formula is C14H18FN3O. The number of para-hydroxylation sites is 1. The van der Waals surface area contributed by atoms with Crippen LogP contribution in [0.15, 0.2) is 23.0 Å². The molecule has 0 aliphatic carbocycles. The minimum atomic E-state index is -0.325. The Bertz CT molecular complexity index is 638. The van der Waals surface area contributed by atoms with Crippen molar-refractivity contribution in [3.8, 4) is 0 Å². The van der Waals surface area contributed by atoms with Crippen molar-refractivity contribution in [2.75, 3.05) is 19.6 Å². The van der Waals surface area contributed by atoms with E-state index in [9.17, 15) is 9.18 Å². The van der Waals surface area contributed by atoms with E-state index in [0.29, 0.717) is 11.0 Å². The van der Waals surface area contributed by atoms with Crippen molar-refractivity contribution >= 4 is 11.0 Å². The first-order valence-electron chi connectivity index (χ1n) is 6.81. The Morgan fingerprint density at radius 3 is 2.79 bits per heavy atom. The van der Waals surface area contributed by atoms with Gasteiger partial charge >= 0.3 is 5.69 Å². The number of aromatic amines is 1. The van der Waals surface area contributed by atoms with Crippen molar-refractivity contribution in [2.45, 2.75) is 25.8 Å². The number of H-pyrrole nitrogens is 1. The Labute approximate surface area is 110 Å². The van der Waals surface area contributed by atoms with Gasteiger partial charge in [0.15, 0.2) is 0 Å². The topological polar surface area (TPSA) is 41.0 Å². The van der Waals surface area contributed by atoms with Gasteiger partial charge in [0, 0.05) is 19.1 Å². The summed E-state index contributed by atoms with van der Waals surface area (Å²) in [6.45, 7) is 5.10. The first kappa shape index (κ1) is 12.4. The van der Waals surface area contributed by atoms with Crippen molar-refractivity contribution in [2.24, 2.45) is 0 Å². The third-order valence-corrected chi connectivity index (χ3v) is 4.06.